The molecule has 13 nitrogen and oxygen atoms in total. The van der Waals surface area contributed by atoms with E-state index in [2.05, 4.69) is 274 Å². The Labute approximate surface area is 817 Å². The number of carbonyl (C=O) groups is 1. The van der Waals surface area contributed by atoms with Crippen molar-refractivity contribution in [3.05, 3.63) is 276 Å². The van der Waals surface area contributed by atoms with Crippen LogP contribution in [-0.4, -0.2) is 61.1 Å². The number of benzene rings is 10. The molecule has 4 aliphatic carbocycles. The van der Waals surface area contributed by atoms with Crippen molar-refractivity contribution in [3.63, 3.8) is 0 Å². The van der Waals surface area contributed by atoms with E-state index in [1.807, 2.05) is 76.2 Å². The van der Waals surface area contributed by atoms with Crippen molar-refractivity contribution in [2.45, 2.75) is 367 Å². The molecule has 10 aromatic rings. The summed E-state index contributed by atoms with van der Waals surface area (Å²) in [5.74, 6) is 12.8. The number of rotatable bonds is 30. The Balaban J connectivity index is 0.000000180. The minimum atomic E-state index is -5.04. The van der Waals surface area contributed by atoms with Gasteiger partial charge in [-0.2, -0.15) is 0 Å². The second-order valence-corrected chi connectivity index (χ2v) is 43.5. The van der Waals surface area contributed by atoms with Crippen LogP contribution in [-0.2, 0) is 35.2 Å². The fourth-order valence-electron chi connectivity index (χ4n) is 18.3. The van der Waals surface area contributed by atoms with Gasteiger partial charge in [0, 0.05) is 17.8 Å². The molecule has 0 spiro atoms. The molecule has 15 heteroatoms. The molecule has 0 amide bonds. The van der Waals surface area contributed by atoms with Crippen LogP contribution >= 0.6 is 0 Å². The Hall–Kier alpha value is -8.93. The van der Waals surface area contributed by atoms with E-state index in [1.165, 1.54) is 180 Å². The van der Waals surface area contributed by atoms with E-state index >= 15 is 0 Å². The largest absolute Gasteiger partial charge is 0.739 e. The summed E-state index contributed by atoms with van der Waals surface area (Å²) >= 11 is 0. The van der Waals surface area contributed by atoms with Gasteiger partial charge in [0.25, 0.3) is 0 Å². The normalized spacial score (nSPS) is 17.3. The predicted octanol–water partition coefficient (Wildman–Crippen LogP) is 34.1. The van der Waals surface area contributed by atoms with E-state index in [1.54, 1.807) is 24.3 Å². The van der Waals surface area contributed by atoms with E-state index in [-0.39, 0.29) is 53.1 Å². The number of hydrogen-bond donors (Lipinski definition) is 1. The van der Waals surface area contributed by atoms with Crippen molar-refractivity contribution in [1.29, 1.82) is 0 Å². The van der Waals surface area contributed by atoms with E-state index in [0.717, 1.165) is 84.4 Å². The molecule has 3 fully saturated rings. The average molecular weight is 1880 g/mol. The third kappa shape index (κ3) is 34.6. The summed E-state index contributed by atoms with van der Waals surface area (Å²) < 4.78 is 78.6. The van der Waals surface area contributed by atoms with Gasteiger partial charge in [0.05, 0.1) is 18.8 Å². The lowest BCUT2D eigenvalue weighted by molar-refractivity contribution is -0.162. The molecule has 3 saturated carbocycles. The molecule has 734 valence electrons. The van der Waals surface area contributed by atoms with Crippen LogP contribution in [0.2, 0.25) is 0 Å². The summed E-state index contributed by atoms with van der Waals surface area (Å²) in [6.07, 6.45) is 27.2. The van der Waals surface area contributed by atoms with E-state index in [4.69, 9.17) is 38.3 Å². The SMILES string of the molecule is CC1c2cccc3cccc(c23)C1C.CCC(C)c1ccc(O)cc1.CCC(C)c1ccc(OC(=O)S(=O)(=O)[O-])cc1.CCC(C)c1ccc(OC(CC(C2CCCCC2)C2CCCCC2)OC(C)C)cc1.CCC(C)c1ccc(OC(OC(C)C)C(C)(C)C)cc1.CCC(C)c1ccc(OC(OCC(C)C)C2CCCCC2)cc1.c1ccc([S+]2c3ccccc3Oc3ccccc32)cc1. The summed E-state index contributed by atoms with van der Waals surface area (Å²) in [5.41, 5.74) is 9.50. The molecule has 1 aliphatic heterocycles. The van der Waals surface area contributed by atoms with Gasteiger partial charge in [-0.05, 0) is 285 Å². The quantitative estimate of drug-likeness (QED) is 0.0196. The molecule has 10 atom stereocenters. The molecule has 10 unspecified atom stereocenters. The van der Waals surface area contributed by atoms with Crippen LogP contribution in [0.15, 0.2) is 251 Å². The fraction of sp³-hybridized carbons (Fsp3) is 0.508. The minimum absolute atomic E-state index is 0.0430. The molecule has 10 aromatic carbocycles. The van der Waals surface area contributed by atoms with Gasteiger partial charge in [0.2, 0.25) is 22.4 Å². The summed E-state index contributed by atoms with van der Waals surface area (Å²) in [6, 6.07) is 80.2. The predicted molar refractivity (Wildman–Crippen MR) is 559 cm³/mol. The van der Waals surface area contributed by atoms with Crippen LogP contribution in [0.1, 0.15) is 361 Å². The fourth-order valence-corrected chi connectivity index (χ4v) is 20.8. The molecular formula is C120H164O13S2. The number of phenols is 1. The van der Waals surface area contributed by atoms with Gasteiger partial charge in [-0.1, -0.05) is 341 Å². The Kier molecular flexibility index (Phi) is 45.2. The van der Waals surface area contributed by atoms with Gasteiger partial charge in [-0.3, -0.25) is 0 Å². The van der Waals surface area contributed by atoms with Crippen molar-refractivity contribution in [3.8, 4) is 40.2 Å². The molecular weight excluding hydrogens is 1710 g/mol. The molecule has 135 heavy (non-hydrogen) atoms. The summed E-state index contributed by atoms with van der Waals surface area (Å²) in [7, 11) is -5.13. The first-order chi connectivity index (χ1) is 64.7. The first-order valence-corrected chi connectivity index (χ1v) is 53.8. The van der Waals surface area contributed by atoms with Crippen LogP contribution in [0.4, 0.5) is 4.79 Å². The molecule has 0 radical (unpaired) electrons. The number of hydrogen-bond acceptors (Lipinski definition) is 13. The van der Waals surface area contributed by atoms with Crippen molar-refractivity contribution in [1.82, 2.24) is 0 Å². The first kappa shape index (κ1) is 110. The van der Waals surface area contributed by atoms with E-state index < -0.39 is 15.4 Å². The maximum atomic E-state index is 10.8. The zero-order valence-corrected chi connectivity index (χ0v) is 87.2. The number of phenolic OH excluding ortho intramolecular Hbond substituents is 1. The lowest BCUT2D eigenvalue weighted by Gasteiger charge is -2.39. The number of para-hydroxylation sites is 2. The lowest BCUT2D eigenvalue weighted by atomic mass is 9.68. The first-order valence-electron chi connectivity index (χ1n) is 51.2. The molecule has 0 bridgehead atoms. The molecule has 1 N–H and O–H groups in total. The van der Waals surface area contributed by atoms with Gasteiger partial charge in [0.1, 0.15) is 39.6 Å². The molecule has 0 aromatic heterocycles. The molecule has 5 aliphatic rings. The second kappa shape index (κ2) is 55.6. The zero-order valence-electron chi connectivity index (χ0n) is 85.6. The maximum absolute atomic E-state index is 10.8. The van der Waals surface area contributed by atoms with E-state index in [0.29, 0.717) is 59.0 Å². The van der Waals surface area contributed by atoms with Gasteiger partial charge in [-0.25, -0.2) is 13.2 Å². The van der Waals surface area contributed by atoms with Crippen molar-refractivity contribution in [2.75, 3.05) is 6.61 Å². The van der Waals surface area contributed by atoms with E-state index in [9.17, 15) is 17.8 Å². The molecule has 1 heterocycles. The number of aromatic hydroxyl groups is 1. The number of fused-ring (bicyclic) bond motifs is 2. The van der Waals surface area contributed by atoms with Crippen LogP contribution in [0.5, 0.6) is 40.2 Å². The number of carbonyl (C=O) groups excluding carboxylic acids is 1. The Morgan fingerprint density at radius 1 is 0.430 bits per heavy atom. The summed E-state index contributed by atoms with van der Waals surface area (Å²) in [6.45, 7) is 46.5. The van der Waals surface area contributed by atoms with Gasteiger partial charge in [-0.15, -0.1) is 0 Å². The Morgan fingerprint density at radius 3 is 1.17 bits per heavy atom. The topological polar surface area (TPSA) is 168 Å². The molecule has 15 rings (SSSR count). The van der Waals surface area contributed by atoms with Crippen LogP contribution < -0.4 is 23.7 Å². The maximum Gasteiger partial charge on any atom is 0.418 e. The monoisotopic (exact) mass is 1880 g/mol. The summed E-state index contributed by atoms with van der Waals surface area (Å²) in [4.78, 5) is 14.6. The van der Waals surface area contributed by atoms with Crippen molar-refractivity contribution >= 4 is 37.1 Å². The standard InChI is InChI=1S/C28H46O2.C21H34O2.C18H30O2.C18H13OS.C14H14.C11H14O5S.C10H14O/c1-5-22(4)23-16-18-26(19-17-23)30-28(29-21(2)3)20-27(24-12-8-6-9-13-24)25-14-10-7-11-15-25;1-5-17(4)18-11-13-20(14-12-18)23-21(22-15-16(2)3)19-9-7-6-8-10-19;1-8-14(4)15-9-11-16(12-10-15)20-17(18(5,6)7)19-13(2)3;1-2-8-14(9-3-1)20-17-12-6-4-10-15(17)19-16-11-5-7-13-18(16)20;1-9-10(2)13-8-4-6-11-5-3-7-12(9)14(11)13;1-3-8(2)9-4-6-10(7-5-9)16-11(12)17(13,14)15;1-3-8(2)9-4-6-10(11)7-5-9/h16-19,21-22,24-25,27-28H,5-15,20H2,1-4H3;11-14,16-17,19,21H,5-10,15H2,1-4H3;9-14,17H,8H2,1-7H3;1-13H;3-10H,1-2H3;4-8H,3H2,1-2H3,(H,13,14,15);4-8,11H,3H2,1-2H3/q;;;+1;;;/p-1. The average Bonchev–Trinajstić information content (AvgIpc) is 1.55. The third-order valence-corrected chi connectivity index (χ3v) is 30.4. The third-order valence-electron chi connectivity index (χ3n) is 27.7. The lowest BCUT2D eigenvalue weighted by Crippen LogP contribution is -2.36. The number of ether oxygens (including phenoxy) is 8. The van der Waals surface area contributed by atoms with Gasteiger partial charge >= 0.3 is 5.30 Å². The Morgan fingerprint density at radius 2 is 0.793 bits per heavy atom. The van der Waals surface area contributed by atoms with Crippen LogP contribution in [0, 0.1) is 35.0 Å². The minimum Gasteiger partial charge on any atom is -0.739 e. The smallest absolute Gasteiger partial charge is 0.418 e. The highest BCUT2D eigenvalue weighted by Crippen LogP contribution is 2.49. The highest BCUT2D eigenvalue weighted by molar-refractivity contribution is 8.00. The summed E-state index contributed by atoms with van der Waals surface area (Å²) in [5, 5.41) is 10.1. The van der Waals surface area contributed by atoms with Crippen molar-refractivity contribution < 1.29 is 60.8 Å². The van der Waals surface area contributed by atoms with Gasteiger partial charge in [0.15, 0.2) is 32.8 Å². The second-order valence-electron chi connectivity index (χ2n) is 40.2. The molecule has 0 saturated heterocycles. The zero-order chi connectivity index (χ0) is 97.7. The highest BCUT2D eigenvalue weighted by Gasteiger charge is 2.40. The van der Waals surface area contributed by atoms with Gasteiger partial charge < -0.3 is 47.6 Å². The Bertz CT molecular complexity index is 5040. The van der Waals surface area contributed by atoms with Crippen LogP contribution in [0.3, 0.4) is 0 Å². The van der Waals surface area contributed by atoms with Crippen LogP contribution in [0.25, 0.3) is 10.8 Å². The van der Waals surface area contributed by atoms with Crippen molar-refractivity contribution in [2.24, 2.45) is 35.0 Å². The highest BCUT2D eigenvalue weighted by atomic mass is 32.2.